The number of carbonyl (C=O) groups excluding carboxylic acids is 2. The summed E-state index contributed by atoms with van der Waals surface area (Å²) in [6.45, 7) is 0.496. The van der Waals surface area contributed by atoms with E-state index in [0.717, 1.165) is 21.6 Å². The van der Waals surface area contributed by atoms with Crippen LogP contribution in [0.3, 0.4) is 0 Å². The Labute approximate surface area is 198 Å². The van der Waals surface area contributed by atoms with Gasteiger partial charge in [-0.15, -0.1) is 0 Å². The normalized spacial score (nSPS) is 17.3. The first-order valence-corrected chi connectivity index (χ1v) is 10.8. The third-order valence-corrected chi connectivity index (χ3v) is 5.76. The fourth-order valence-electron chi connectivity index (χ4n) is 4.02. The van der Waals surface area contributed by atoms with Gasteiger partial charge in [0.2, 0.25) is 11.5 Å². The number of aromatic amines is 1. The Morgan fingerprint density at radius 2 is 2.11 bits per heavy atom. The van der Waals surface area contributed by atoms with Gasteiger partial charge in [0.25, 0.3) is 11.8 Å². The maximum Gasteiger partial charge on any atom is 0.268 e. The van der Waals surface area contributed by atoms with Crippen LogP contribution >= 0.6 is 0 Å². The van der Waals surface area contributed by atoms with Gasteiger partial charge >= 0.3 is 0 Å². The van der Waals surface area contributed by atoms with Crippen LogP contribution in [0, 0.1) is 11.3 Å². The van der Waals surface area contributed by atoms with Crippen LogP contribution < -0.4 is 10.9 Å². The van der Waals surface area contributed by atoms with Crippen molar-refractivity contribution >= 4 is 34.4 Å². The van der Waals surface area contributed by atoms with Gasteiger partial charge in [0, 0.05) is 30.3 Å². The molecule has 0 aliphatic carbocycles. The highest BCUT2D eigenvalue weighted by Gasteiger charge is 2.47. The SMILES string of the molecule is C/C(=C\c1ccc2nccc(C(=O)NCC(=O)N3CC(F)(F)C[C@H]3C#N)c2c1)c1cc[nH]c(=O)c1. The molecule has 178 valence electrons. The average Bonchev–Trinajstić information content (AvgIpc) is 3.16. The quantitative estimate of drug-likeness (QED) is 0.586. The lowest BCUT2D eigenvalue weighted by Crippen LogP contribution is -2.43. The number of pyridine rings is 2. The van der Waals surface area contributed by atoms with Crippen LogP contribution in [0.5, 0.6) is 0 Å². The minimum atomic E-state index is -3.13. The molecule has 1 atom stereocenters. The predicted molar refractivity (Wildman–Crippen MR) is 125 cm³/mol. The number of benzene rings is 1. The van der Waals surface area contributed by atoms with Gasteiger partial charge in [-0.3, -0.25) is 19.4 Å². The van der Waals surface area contributed by atoms with E-state index in [4.69, 9.17) is 5.26 Å². The lowest BCUT2D eigenvalue weighted by atomic mass is 10.0. The van der Waals surface area contributed by atoms with Gasteiger partial charge in [-0.05, 0) is 47.9 Å². The highest BCUT2D eigenvalue weighted by molar-refractivity contribution is 6.07. The molecule has 0 bridgehead atoms. The van der Waals surface area contributed by atoms with Crippen LogP contribution in [0.2, 0.25) is 0 Å². The highest BCUT2D eigenvalue weighted by Crippen LogP contribution is 2.31. The first-order valence-electron chi connectivity index (χ1n) is 10.8. The summed E-state index contributed by atoms with van der Waals surface area (Å²) in [6.07, 6.45) is 4.17. The molecule has 1 fully saturated rings. The molecule has 2 aromatic heterocycles. The molecule has 3 aromatic rings. The van der Waals surface area contributed by atoms with E-state index in [1.807, 2.05) is 19.1 Å². The van der Waals surface area contributed by atoms with Gasteiger partial charge in [0.15, 0.2) is 0 Å². The molecule has 3 heterocycles. The number of nitrogens with zero attached hydrogens (tertiary/aromatic N) is 3. The zero-order valence-electron chi connectivity index (χ0n) is 18.7. The van der Waals surface area contributed by atoms with E-state index in [1.54, 1.807) is 30.5 Å². The third kappa shape index (κ3) is 5.24. The Balaban J connectivity index is 1.55. The standard InChI is InChI=1S/C25H21F2N5O3/c1-15(17-4-6-30-22(33)10-17)8-16-2-3-21-20(9-16)19(5-7-29-21)24(35)31-13-23(34)32-14-25(26,27)11-18(32)12-28/h2-10,18H,11,13-14H2,1H3,(H,30,33)(H,31,35)/b15-8+/t18-/m0/s1. The van der Waals surface area contributed by atoms with E-state index in [1.165, 1.54) is 18.3 Å². The molecule has 1 aliphatic heterocycles. The molecule has 4 rings (SSSR count). The topological polar surface area (TPSA) is 119 Å². The number of rotatable bonds is 5. The van der Waals surface area contributed by atoms with Crippen molar-refractivity contribution in [3.63, 3.8) is 0 Å². The summed E-state index contributed by atoms with van der Waals surface area (Å²) in [5, 5.41) is 12.1. The van der Waals surface area contributed by atoms with Crippen LogP contribution in [0.4, 0.5) is 8.78 Å². The number of hydrogen-bond acceptors (Lipinski definition) is 5. The maximum absolute atomic E-state index is 13.6. The lowest BCUT2D eigenvalue weighted by Gasteiger charge is -2.19. The first-order chi connectivity index (χ1) is 16.7. The largest absolute Gasteiger partial charge is 0.343 e. The summed E-state index contributed by atoms with van der Waals surface area (Å²) >= 11 is 0. The van der Waals surface area contributed by atoms with Crippen LogP contribution in [0.15, 0.2) is 53.6 Å². The number of fused-ring (bicyclic) bond motifs is 1. The molecular weight excluding hydrogens is 456 g/mol. The van der Waals surface area contributed by atoms with E-state index >= 15 is 0 Å². The van der Waals surface area contributed by atoms with Gasteiger partial charge in [-0.2, -0.15) is 5.26 Å². The minimum Gasteiger partial charge on any atom is -0.343 e. The molecule has 2 N–H and O–H groups in total. The second kappa shape index (κ2) is 9.46. The molecule has 0 saturated carbocycles. The predicted octanol–water partition coefficient (Wildman–Crippen LogP) is 2.97. The fraction of sp³-hybridized carbons (Fsp3) is 0.240. The van der Waals surface area contributed by atoms with Crippen LogP contribution in [-0.2, 0) is 4.79 Å². The number of halogens is 2. The van der Waals surface area contributed by atoms with Crippen molar-refractivity contribution in [2.45, 2.75) is 25.3 Å². The Hall–Kier alpha value is -4.39. The molecule has 1 saturated heterocycles. The van der Waals surface area contributed by atoms with Crippen LogP contribution in [-0.4, -0.2) is 51.7 Å². The molecule has 2 amide bonds. The molecule has 35 heavy (non-hydrogen) atoms. The van der Waals surface area contributed by atoms with E-state index < -0.39 is 43.3 Å². The highest BCUT2D eigenvalue weighted by atomic mass is 19.3. The minimum absolute atomic E-state index is 0.217. The van der Waals surface area contributed by atoms with E-state index in [0.29, 0.717) is 10.9 Å². The van der Waals surface area contributed by atoms with Gasteiger partial charge in [-0.25, -0.2) is 8.78 Å². The molecule has 10 heteroatoms. The summed E-state index contributed by atoms with van der Waals surface area (Å²) in [4.78, 5) is 44.5. The van der Waals surface area contributed by atoms with Gasteiger partial charge in [0.05, 0.1) is 30.2 Å². The Kier molecular flexibility index (Phi) is 6.42. The number of hydrogen-bond donors (Lipinski definition) is 2. The summed E-state index contributed by atoms with van der Waals surface area (Å²) in [6, 6.07) is 10.6. The number of likely N-dealkylation sites (tertiary alicyclic amines) is 1. The summed E-state index contributed by atoms with van der Waals surface area (Å²) < 4.78 is 27.3. The molecule has 0 unspecified atom stereocenters. The van der Waals surface area contributed by atoms with Crippen molar-refractivity contribution in [2.24, 2.45) is 0 Å². The zero-order valence-corrected chi connectivity index (χ0v) is 18.7. The van der Waals surface area contributed by atoms with Gasteiger partial charge in [0.1, 0.15) is 6.04 Å². The van der Waals surface area contributed by atoms with Gasteiger partial charge < -0.3 is 15.2 Å². The number of alkyl halides is 2. The van der Waals surface area contributed by atoms with Crippen molar-refractivity contribution in [1.82, 2.24) is 20.2 Å². The molecular formula is C25H21F2N5O3. The van der Waals surface area contributed by atoms with Gasteiger partial charge in [-0.1, -0.05) is 12.1 Å². The smallest absolute Gasteiger partial charge is 0.268 e. The second-order valence-electron chi connectivity index (χ2n) is 8.31. The van der Waals surface area contributed by atoms with E-state index in [9.17, 15) is 23.2 Å². The number of allylic oxidation sites excluding steroid dienone is 1. The summed E-state index contributed by atoms with van der Waals surface area (Å²) in [5.41, 5.74) is 2.95. The molecule has 0 spiro atoms. The monoisotopic (exact) mass is 477 g/mol. The molecule has 1 aliphatic rings. The van der Waals surface area contributed by atoms with Crippen molar-refractivity contribution in [2.75, 3.05) is 13.1 Å². The third-order valence-electron chi connectivity index (χ3n) is 5.76. The second-order valence-corrected chi connectivity index (χ2v) is 8.31. The van der Waals surface area contributed by atoms with E-state index in [2.05, 4.69) is 15.3 Å². The molecule has 8 nitrogen and oxygen atoms in total. The first kappa shape index (κ1) is 23.8. The van der Waals surface area contributed by atoms with E-state index in [-0.39, 0.29) is 11.1 Å². The van der Waals surface area contributed by atoms with Crippen molar-refractivity contribution < 1.29 is 18.4 Å². The Bertz CT molecular complexity index is 1440. The van der Waals surface area contributed by atoms with Crippen molar-refractivity contribution in [3.8, 4) is 6.07 Å². The number of amides is 2. The van der Waals surface area contributed by atoms with Crippen LogP contribution in [0.1, 0.15) is 34.8 Å². The Morgan fingerprint density at radius 3 is 2.86 bits per heavy atom. The Morgan fingerprint density at radius 1 is 1.31 bits per heavy atom. The molecule has 0 radical (unpaired) electrons. The van der Waals surface area contributed by atoms with Crippen molar-refractivity contribution in [3.05, 3.63) is 75.8 Å². The molecule has 1 aromatic carbocycles. The number of carbonyl (C=O) groups is 2. The number of aromatic nitrogens is 2. The zero-order chi connectivity index (χ0) is 25.2. The lowest BCUT2D eigenvalue weighted by molar-refractivity contribution is -0.131. The number of nitrogens with one attached hydrogen (secondary N) is 2. The number of nitriles is 1. The average molecular weight is 477 g/mol. The number of H-pyrrole nitrogens is 1. The summed E-state index contributed by atoms with van der Waals surface area (Å²) in [7, 11) is 0. The van der Waals surface area contributed by atoms with Crippen LogP contribution in [0.25, 0.3) is 22.6 Å². The summed E-state index contributed by atoms with van der Waals surface area (Å²) in [5.74, 6) is -4.45. The van der Waals surface area contributed by atoms with Crippen molar-refractivity contribution in [1.29, 1.82) is 5.26 Å². The maximum atomic E-state index is 13.6. The fourth-order valence-corrected chi connectivity index (χ4v) is 4.02.